The summed E-state index contributed by atoms with van der Waals surface area (Å²) in [6, 6.07) is 5.05. The van der Waals surface area contributed by atoms with Crippen LogP contribution in [0.25, 0.3) is 0 Å². The predicted octanol–water partition coefficient (Wildman–Crippen LogP) is 0.118. The van der Waals surface area contributed by atoms with Gasteiger partial charge in [-0.05, 0) is 37.0 Å². The van der Waals surface area contributed by atoms with E-state index in [-0.39, 0.29) is 11.7 Å². The molecular weight excluding hydrogens is 357 g/mol. The van der Waals surface area contributed by atoms with Gasteiger partial charge in [0.2, 0.25) is 5.91 Å². The SMILES string of the molecule is COc1cc(CNC(=O)CCCCC[NH3+])ccc1O.O=C([O-])C(F)(F)F. The molecule has 0 fully saturated rings. The summed E-state index contributed by atoms with van der Waals surface area (Å²) in [7, 11) is 1.50. The highest BCUT2D eigenvalue weighted by Crippen LogP contribution is 2.26. The number of quaternary nitrogens is 1. The third kappa shape index (κ3) is 10.4. The number of halogens is 3. The second-order valence-electron chi connectivity index (χ2n) is 5.23. The zero-order valence-electron chi connectivity index (χ0n) is 14.4. The number of carbonyl (C=O) groups excluding carboxylic acids is 2. The van der Waals surface area contributed by atoms with Gasteiger partial charge in [0.15, 0.2) is 11.5 Å². The first-order valence-electron chi connectivity index (χ1n) is 7.81. The fourth-order valence-corrected chi connectivity index (χ4v) is 1.76. The predicted molar refractivity (Wildman–Crippen MR) is 83.8 cm³/mol. The van der Waals surface area contributed by atoms with Gasteiger partial charge in [-0.25, -0.2) is 0 Å². The summed E-state index contributed by atoms with van der Waals surface area (Å²) in [5.74, 6) is -2.43. The van der Waals surface area contributed by atoms with Gasteiger partial charge in [0.05, 0.1) is 13.7 Å². The fourth-order valence-electron chi connectivity index (χ4n) is 1.76. The first-order valence-corrected chi connectivity index (χ1v) is 7.81. The zero-order chi connectivity index (χ0) is 20.2. The molecular formula is C16H23F3N2O5. The van der Waals surface area contributed by atoms with Gasteiger partial charge in [0.1, 0.15) is 5.97 Å². The molecule has 0 unspecified atom stereocenters. The Kier molecular flexibility index (Phi) is 10.8. The number of methoxy groups -OCH3 is 1. The maximum absolute atomic E-state index is 11.6. The van der Waals surface area contributed by atoms with Gasteiger partial charge in [-0.15, -0.1) is 0 Å². The highest BCUT2D eigenvalue weighted by molar-refractivity contribution is 5.75. The molecule has 10 heteroatoms. The quantitative estimate of drug-likeness (QED) is 0.552. The number of rotatable bonds is 8. The molecule has 1 aromatic carbocycles. The fraction of sp³-hybridized carbons (Fsp3) is 0.500. The summed E-state index contributed by atoms with van der Waals surface area (Å²) in [6.07, 6.45) is -1.62. The summed E-state index contributed by atoms with van der Waals surface area (Å²) in [5, 5.41) is 21.1. The average molecular weight is 380 g/mol. The highest BCUT2D eigenvalue weighted by atomic mass is 19.4. The summed E-state index contributed by atoms with van der Waals surface area (Å²) in [5.41, 5.74) is 4.67. The van der Waals surface area contributed by atoms with Crippen molar-refractivity contribution < 1.29 is 43.4 Å². The number of alkyl halides is 3. The molecule has 1 aromatic rings. The second-order valence-corrected chi connectivity index (χ2v) is 5.23. The lowest BCUT2D eigenvalue weighted by Gasteiger charge is -2.08. The van der Waals surface area contributed by atoms with E-state index in [4.69, 9.17) is 14.6 Å². The van der Waals surface area contributed by atoms with Crippen molar-refractivity contribution in [3.8, 4) is 11.5 Å². The number of nitrogens with one attached hydrogen (secondary N) is 1. The molecule has 148 valence electrons. The molecule has 0 saturated carbocycles. The second kappa shape index (κ2) is 12.0. The number of unbranched alkanes of at least 4 members (excludes halogenated alkanes) is 2. The van der Waals surface area contributed by atoms with Gasteiger partial charge in [-0.2, -0.15) is 13.2 Å². The van der Waals surface area contributed by atoms with Gasteiger partial charge >= 0.3 is 6.18 Å². The molecule has 0 heterocycles. The number of ether oxygens (including phenoxy) is 1. The summed E-state index contributed by atoms with van der Waals surface area (Å²) in [4.78, 5) is 20.4. The van der Waals surface area contributed by atoms with Crippen molar-refractivity contribution in [3.63, 3.8) is 0 Å². The van der Waals surface area contributed by atoms with Crippen LogP contribution < -0.4 is 20.9 Å². The molecule has 0 atom stereocenters. The number of carboxylic acids is 1. The van der Waals surface area contributed by atoms with Crippen LogP contribution >= 0.6 is 0 Å². The Bertz CT molecular complexity index is 579. The monoisotopic (exact) mass is 380 g/mol. The number of carbonyl (C=O) groups is 2. The minimum Gasteiger partial charge on any atom is -0.542 e. The minimum absolute atomic E-state index is 0.0519. The number of hydrogen-bond donors (Lipinski definition) is 3. The van der Waals surface area contributed by atoms with Crippen LogP contribution in [0.5, 0.6) is 11.5 Å². The number of amides is 1. The van der Waals surface area contributed by atoms with Crippen molar-refractivity contribution in [1.82, 2.24) is 5.32 Å². The first kappa shape index (κ1) is 23.5. The third-order valence-electron chi connectivity index (χ3n) is 3.12. The lowest BCUT2D eigenvalue weighted by molar-refractivity contribution is -0.368. The lowest BCUT2D eigenvalue weighted by atomic mass is 10.1. The van der Waals surface area contributed by atoms with Gasteiger partial charge < -0.3 is 30.8 Å². The van der Waals surface area contributed by atoms with E-state index in [0.29, 0.717) is 18.7 Å². The van der Waals surface area contributed by atoms with Crippen LogP contribution in [0.3, 0.4) is 0 Å². The average Bonchev–Trinajstić information content (AvgIpc) is 2.57. The van der Waals surface area contributed by atoms with Crippen molar-refractivity contribution in [2.24, 2.45) is 0 Å². The number of aromatic hydroxyl groups is 1. The standard InChI is InChI=1S/C14H22N2O3.C2HF3O2/c1-19-13-9-11(6-7-12(13)17)10-16-14(18)5-3-2-4-8-15;3-2(4,5)1(6)7/h6-7,9,17H,2-5,8,10,15H2,1H3,(H,16,18);(H,6,7). The van der Waals surface area contributed by atoms with E-state index in [1.807, 2.05) is 0 Å². The van der Waals surface area contributed by atoms with Crippen molar-refractivity contribution >= 4 is 11.9 Å². The maximum Gasteiger partial charge on any atom is 0.430 e. The van der Waals surface area contributed by atoms with Crippen molar-refractivity contribution in [3.05, 3.63) is 23.8 Å². The Morgan fingerprint density at radius 2 is 1.88 bits per heavy atom. The number of phenols is 1. The molecule has 0 aliphatic heterocycles. The van der Waals surface area contributed by atoms with Crippen molar-refractivity contribution in [2.75, 3.05) is 13.7 Å². The van der Waals surface area contributed by atoms with Crippen LogP contribution in [0.4, 0.5) is 13.2 Å². The summed E-state index contributed by atoms with van der Waals surface area (Å²) < 4.78 is 36.6. The molecule has 26 heavy (non-hydrogen) atoms. The maximum atomic E-state index is 11.6. The molecule has 0 radical (unpaired) electrons. The van der Waals surface area contributed by atoms with E-state index in [9.17, 15) is 23.1 Å². The van der Waals surface area contributed by atoms with Gasteiger partial charge in [0.25, 0.3) is 0 Å². The molecule has 0 spiro atoms. The summed E-state index contributed by atoms with van der Waals surface area (Å²) in [6.45, 7) is 1.37. The first-order chi connectivity index (χ1) is 12.1. The molecule has 0 aromatic heterocycles. The normalized spacial score (nSPS) is 10.5. The van der Waals surface area contributed by atoms with Crippen LogP contribution in [0.2, 0.25) is 0 Å². The molecule has 1 rings (SSSR count). The van der Waals surface area contributed by atoms with E-state index < -0.39 is 12.1 Å². The topological polar surface area (TPSA) is 126 Å². The minimum atomic E-state index is -5.19. The lowest BCUT2D eigenvalue weighted by Crippen LogP contribution is -2.50. The van der Waals surface area contributed by atoms with Crippen LogP contribution in [-0.4, -0.2) is 36.8 Å². The summed E-state index contributed by atoms with van der Waals surface area (Å²) >= 11 is 0. The van der Waals surface area contributed by atoms with E-state index in [0.717, 1.165) is 31.4 Å². The molecule has 0 bridgehead atoms. The number of aliphatic carboxylic acids is 1. The van der Waals surface area contributed by atoms with Crippen LogP contribution in [0.1, 0.15) is 31.2 Å². The molecule has 0 aliphatic carbocycles. The zero-order valence-corrected chi connectivity index (χ0v) is 14.4. The van der Waals surface area contributed by atoms with E-state index in [1.54, 1.807) is 18.2 Å². The van der Waals surface area contributed by atoms with Crippen molar-refractivity contribution in [1.29, 1.82) is 0 Å². The van der Waals surface area contributed by atoms with Gasteiger partial charge in [0, 0.05) is 13.0 Å². The van der Waals surface area contributed by atoms with Crippen LogP contribution in [0.15, 0.2) is 18.2 Å². The van der Waals surface area contributed by atoms with Crippen LogP contribution in [-0.2, 0) is 16.1 Å². The van der Waals surface area contributed by atoms with Crippen LogP contribution in [0, 0.1) is 0 Å². The van der Waals surface area contributed by atoms with Crippen molar-refractivity contribution in [2.45, 2.75) is 38.4 Å². The number of hydrogen-bond acceptors (Lipinski definition) is 5. The number of benzene rings is 1. The molecule has 0 aliphatic rings. The number of phenolic OH excluding ortho intramolecular Hbond substituents is 1. The number of carboxylic acid groups (broad SMARTS) is 1. The van der Waals surface area contributed by atoms with E-state index >= 15 is 0 Å². The van der Waals surface area contributed by atoms with Gasteiger partial charge in [-0.1, -0.05) is 6.07 Å². The Labute approximate surface area is 148 Å². The molecule has 1 amide bonds. The van der Waals surface area contributed by atoms with E-state index in [2.05, 4.69) is 11.1 Å². The van der Waals surface area contributed by atoms with Gasteiger partial charge in [-0.3, -0.25) is 4.79 Å². The Balaban J connectivity index is 0.000000758. The molecule has 7 nitrogen and oxygen atoms in total. The largest absolute Gasteiger partial charge is 0.542 e. The highest BCUT2D eigenvalue weighted by Gasteiger charge is 2.28. The molecule has 0 saturated heterocycles. The Morgan fingerprint density at radius 1 is 1.27 bits per heavy atom. The molecule has 5 N–H and O–H groups in total. The third-order valence-corrected chi connectivity index (χ3v) is 3.12. The smallest absolute Gasteiger partial charge is 0.430 e. The van der Waals surface area contributed by atoms with E-state index in [1.165, 1.54) is 7.11 Å². The Morgan fingerprint density at radius 3 is 2.38 bits per heavy atom. The Hall–Kier alpha value is -2.49.